The summed E-state index contributed by atoms with van der Waals surface area (Å²) in [5, 5.41) is 15.2. The number of carbonyl (C=O) groups excluding carboxylic acids is 1. The third-order valence-corrected chi connectivity index (χ3v) is 5.72. The molecular formula is C18H33N7O2. The van der Waals surface area contributed by atoms with Crippen LogP contribution in [0.5, 0.6) is 0 Å². The highest BCUT2D eigenvalue weighted by atomic mass is 16.5. The summed E-state index contributed by atoms with van der Waals surface area (Å²) in [6, 6.07) is 0.0672. The lowest BCUT2D eigenvalue weighted by Crippen LogP contribution is -2.43. The number of methoxy groups -OCH3 is 1. The molecule has 2 aliphatic heterocycles. The number of nitrogens with zero attached hydrogens (tertiary/aromatic N) is 6. The molecule has 9 nitrogen and oxygen atoms in total. The Morgan fingerprint density at radius 3 is 2.81 bits per heavy atom. The minimum atomic E-state index is 0.0667. The molecule has 0 saturated carbocycles. The number of piperidine rings is 1. The van der Waals surface area contributed by atoms with Crippen molar-refractivity contribution in [3.05, 3.63) is 5.82 Å². The summed E-state index contributed by atoms with van der Waals surface area (Å²) < 4.78 is 7.30. The van der Waals surface area contributed by atoms with Crippen LogP contribution in [0.25, 0.3) is 0 Å². The van der Waals surface area contributed by atoms with Crippen molar-refractivity contribution in [1.29, 1.82) is 0 Å². The molecule has 2 atom stereocenters. The van der Waals surface area contributed by atoms with Gasteiger partial charge < -0.3 is 15.0 Å². The molecule has 152 valence electrons. The van der Waals surface area contributed by atoms with Crippen LogP contribution in [0.3, 0.4) is 0 Å². The first kappa shape index (κ1) is 20.2. The van der Waals surface area contributed by atoms with E-state index in [2.05, 4.69) is 37.6 Å². The van der Waals surface area contributed by atoms with Gasteiger partial charge in [-0.1, -0.05) is 6.92 Å². The molecule has 1 aromatic rings. The van der Waals surface area contributed by atoms with Crippen LogP contribution >= 0.6 is 0 Å². The minimum Gasteiger partial charge on any atom is -0.378 e. The number of likely N-dealkylation sites (tertiary alicyclic amines) is 2. The summed E-state index contributed by atoms with van der Waals surface area (Å²) in [6.07, 6.45) is 3.73. The average Bonchev–Trinajstić information content (AvgIpc) is 3.23. The first-order valence-corrected chi connectivity index (χ1v) is 10.0. The zero-order valence-electron chi connectivity index (χ0n) is 16.8. The van der Waals surface area contributed by atoms with E-state index in [9.17, 15) is 4.79 Å². The second-order valence-corrected chi connectivity index (χ2v) is 8.05. The zero-order valence-corrected chi connectivity index (χ0v) is 16.8. The molecule has 0 unspecified atom stereocenters. The molecule has 2 aliphatic rings. The molecule has 0 spiro atoms. The Morgan fingerprint density at radius 2 is 2.07 bits per heavy atom. The van der Waals surface area contributed by atoms with Crippen molar-refractivity contribution in [2.75, 3.05) is 40.3 Å². The van der Waals surface area contributed by atoms with Crippen molar-refractivity contribution in [2.24, 2.45) is 5.92 Å². The van der Waals surface area contributed by atoms with Gasteiger partial charge in [0.05, 0.1) is 18.7 Å². The molecule has 3 heterocycles. The fourth-order valence-electron chi connectivity index (χ4n) is 3.94. The molecule has 2 fully saturated rings. The van der Waals surface area contributed by atoms with Gasteiger partial charge in [0, 0.05) is 33.2 Å². The summed E-state index contributed by atoms with van der Waals surface area (Å²) >= 11 is 0. The van der Waals surface area contributed by atoms with Gasteiger partial charge in [0.2, 0.25) is 5.91 Å². The molecule has 0 aliphatic carbocycles. The maximum Gasteiger partial charge on any atom is 0.220 e. The van der Waals surface area contributed by atoms with Crippen molar-refractivity contribution in [1.82, 2.24) is 35.3 Å². The summed E-state index contributed by atoms with van der Waals surface area (Å²) in [5.41, 5.74) is 0. The van der Waals surface area contributed by atoms with E-state index in [1.807, 2.05) is 11.7 Å². The Bertz CT molecular complexity index is 600. The minimum absolute atomic E-state index is 0.0667. The lowest BCUT2D eigenvalue weighted by Gasteiger charge is -2.29. The standard InChI is InChI=1S/C18H33N7O2/c1-14-6-9-24(10-7-14)13-17-20-21-22-25(17)8-4-5-18(26)19-15-11-23(2)12-16(15)27-3/h14-16H,4-13H2,1-3H3,(H,19,26)/t15-,16-/m0/s1. The number of nitrogens with one attached hydrogen (secondary N) is 1. The van der Waals surface area contributed by atoms with Crippen molar-refractivity contribution in [2.45, 2.75) is 57.8 Å². The lowest BCUT2D eigenvalue weighted by molar-refractivity contribution is -0.122. The summed E-state index contributed by atoms with van der Waals surface area (Å²) in [6.45, 7) is 7.65. The topological polar surface area (TPSA) is 88.4 Å². The first-order chi connectivity index (χ1) is 13.0. The van der Waals surface area contributed by atoms with Gasteiger partial charge in [-0.15, -0.1) is 5.10 Å². The Hall–Kier alpha value is -1.58. The van der Waals surface area contributed by atoms with E-state index >= 15 is 0 Å². The second kappa shape index (κ2) is 9.57. The van der Waals surface area contributed by atoms with E-state index in [4.69, 9.17) is 4.74 Å². The van der Waals surface area contributed by atoms with Gasteiger partial charge >= 0.3 is 0 Å². The lowest BCUT2D eigenvalue weighted by atomic mass is 9.99. The molecule has 27 heavy (non-hydrogen) atoms. The molecule has 3 rings (SSSR count). The number of rotatable bonds is 8. The van der Waals surface area contributed by atoms with Crippen molar-refractivity contribution < 1.29 is 9.53 Å². The van der Waals surface area contributed by atoms with E-state index in [1.54, 1.807) is 7.11 Å². The maximum absolute atomic E-state index is 12.3. The van der Waals surface area contributed by atoms with Gasteiger partial charge in [-0.25, -0.2) is 4.68 Å². The summed E-state index contributed by atoms with van der Waals surface area (Å²) in [5.74, 6) is 1.77. The van der Waals surface area contributed by atoms with Crippen LogP contribution in [0.2, 0.25) is 0 Å². The van der Waals surface area contributed by atoms with E-state index in [-0.39, 0.29) is 18.1 Å². The third kappa shape index (κ3) is 5.70. The smallest absolute Gasteiger partial charge is 0.220 e. The number of hydrogen-bond acceptors (Lipinski definition) is 7. The monoisotopic (exact) mass is 379 g/mol. The van der Waals surface area contributed by atoms with Gasteiger partial charge in [0.15, 0.2) is 5.82 Å². The van der Waals surface area contributed by atoms with Crippen molar-refractivity contribution >= 4 is 5.91 Å². The predicted octanol–water partition coefficient (Wildman–Crippen LogP) is 0.130. The van der Waals surface area contributed by atoms with E-state index in [0.717, 1.165) is 50.9 Å². The fourth-order valence-corrected chi connectivity index (χ4v) is 3.94. The van der Waals surface area contributed by atoms with Gasteiger partial charge in [-0.05, 0) is 55.7 Å². The third-order valence-electron chi connectivity index (χ3n) is 5.72. The number of carbonyl (C=O) groups is 1. The summed E-state index contributed by atoms with van der Waals surface area (Å²) in [7, 11) is 3.74. The second-order valence-electron chi connectivity index (χ2n) is 8.05. The van der Waals surface area contributed by atoms with Crippen LogP contribution in [-0.2, 0) is 22.6 Å². The molecule has 1 N–H and O–H groups in total. The molecule has 1 aromatic heterocycles. The molecule has 0 radical (unpaired) electrons. The molecule has 2 saturated heterocycles. The highest BCUT2D eigenvalue weighted by Gasteiger charge is 2.31. The quantitative estimate of drug-likeness (QED) is 0.687. The van der Waals surface area contributed by atoms with Crippen LogP contribution in [0.4, 0.5) is 0 Å². The van der Waals surface area contributed by atoms with Crippen LogP contribution in [-0.4, -0.2) is 88.4 Å². The Balaban J connectivity index is 1.40. The average molecular weight is 380 g/mol. The molecule has 0 bridgehead atoms. The van der Waals surface area contributed by atoms with E-state index in [1.165, 1.54) is 12.8 Å². The molecule has 0 aromatic carbocycles. The fraction of sp³-hybridized carbons (Fsp3) is 0.889. The molecule has 1 amide bonds. The van der Waals surface area contributed by atoms with Gasteiger partial charge in [0.1, 0.15) is 0 Å². The number of amides is 1. The van der Waals surface area contributed by atoms with Crippen LogP contribution < -0.4 is 5.32 Å². The van der Waals surface area contributed by atoms with Crippen molar-refractivity contribution in [3.63, 3.8) is 0 Å². The number of tetrazole rings is 1. The molecular weight excluding hydrogens is 346 g/mol. The number of aromatic nitrogens is 4. The van der Waals surface area contributed by atoms with Gasteiger partial charge in [-0.3, -0.25) is 9.69 Å². The SMILES string of the molecule is CO[C@H]1CN(C)C[C@@H]1NC(=O)CCCn1nnnc1CN1CCC(C)CC1. The molecule has 9 heteroatoms. The van der Waals surface area contributed by atoms with Gasteiger partial charge in [0.25, 0.3) is 0 Å². The summed E-state index contributed by atoms with van der Waals surface area (Å²) in [4.78, 5) is 16.9. The highest BCUT2D eigenvalue weighted by molar-refractivity contribution is 5.76. The van der Waals surface area contributed by atoms with Crippen LogP contribution in [0.15, 0.2) is 0 Å². The van der Waals surface area contributed by atoms with E-state index in [0.29, 0.717) is 13.0 Å². The first-order valence-electron chi connectivity index (χ1n) is 10.0. The van der Waals surface area contributed by atoms with Gasteiger partial charge in [-0.2, -0.15) is 0 Å². The Kier molecular flexibility index (Phi) is 7.14. The zero-order chi connectivity index (χ0) is 19.2. The number of ether oxygens (including phenoxy) is 1. The normalized spacial score (nSPS) is 25.1. The van der Waals surface area contributed by atoms with Crippen LogP contribution in [0, 0.1) is 5.92 Å². The Morgan fingerprint density at radius 1 is 1.30 bits per heavy atom. The highest BCUT2D eigenvalue weighted by Crippen LogP contribution is 2.17. The number of hydrogen-bond donors (Lipinski definition) is 1. The predicted molar refractivity (Wildman–Crippen MR) is 101 cm³/mol. The van der Waals surface area contributed by atoms with Crippen LogP contribution in [0.1, 0.15) is 38.4 Å². The van der Waals surface area contributed by atoms with E-state index < -0.39 is 0 Å². The number of aryl methyl sites for hydroxylation is 1. The number of likely N-dealkylation sites (N-methyl/N-ethyl adjacent to an activating group) is 1. The Labute approximate surface area is 161 Å². The largest absolute Gasteiger partial charge is 0.378 e. The van der Waals surface area contributed by atoms with Crippen molar-refractivity contribution in [3.8, 4) is 0 Å². The maximum atomic E-state index is 12.3.